The second-order valence-corrected chi connectivity index (χ2v) is 13.8. The van der Waals surface area contributed by atoms with Crippen molar-refractivity contribution in [2.45, 2.75) is 145 Å². The predicted octanol–water partition coefficient (Wildman–Crippen LogP) is 7.87. The van der Waals surface area contributed by atoms with E-state index in [0.29, 0.717) is 23.1 Å². The molecule has 10 heteroatoms. The lowest BCUT2D eigenvalue weighted by Gasteiger charge is -2.41. The van der Waals surface area contributed by atoms with Crippen LogP contribution in [0.4, 0.5) is 0 Å². The highest BCUT2D eigenvalue weighted by atomic mass is 127. The zero-order valence-electron chi connectivity index (χ0n) is 25.4. The fourth-order valence-corrected chi connectivity index (χ4v) is 7.67. The Balaban J connectivity index is 1.45. The van der Waals surface area contributed by atoms with Gasteiger partial charge in [-0.3, -0.25) is 4.99 Å². The first kappa shape index (κ1) is 35.2. The molecule has 2 saturated carbocycles. The Hall–Kier alpha value is -0.300. The number of unbranched alkanes of at least 4 members (excludes halogenated alkanes) is 3. The van der Waals surface area contributed by atoms with Crippen LogP contribution in [0.1, 0.15) is 115 Å². The summed E-state index contributed by atoms with van der Waals surface area (Å²) in [5, 5.41) is 19.7. The number of hydrogen-bond acceptors (Lipinski definition) is 7. The molecule has 1 aromatic rings. The monoisotopic (exact) mass is 719 g/mol. The summed E-state index contributed by atoms with van der Waals surface area (Å²) in [5.74, 6) is 3.24. The smallest absolute Gasteiger partial charge is 0.188 e. The SMILES string of the molecule is C=CC(S)(CC)N(CCC1CCCC(OI)C1)/C(CCCCCCc1nnc(S)n1CCC1CCCCC1O)=N\C. The molecule has 41 heavy (non-hydrogen) atoms. The second kappa shape index (κ2) is 18.5. The molecule has 2 aliphatic carbocycles. The maximum absolute atomic E-state index is 10.3. The molecule has 2 aliphatic rings. The van der Waals surface area contributed by atoms with Crippen LogP contribution in [0.5, 0.6) is 0 Å². The molecule has 0 aromatic carbocycles. The second-order valence-electron chi connectivity index (χ2n) is 12.1. The normalized spacial score (nSPS) is 25.2. The van der Waals surface area contributed by atoms with Crippen molar-refractivity contribution in [2.24, 2.45) is 16.8 Å². The average Bonchev–Trinajstić information content (AvgIpc) is 3.35. The van der Waals surface area contributed by atoms with Gasteiger partial charge in [0, 0.05) is 33.0 Å². The Morgan fingerprint density at radius 1 is 1.17 bits per heavy atom. The maximum Gasteiger partial charge on any atom is 0.188 e. The predicted molar refractivity (Wildman–Crippen MR) is 184 cm³/mol. The lowest BCUT2D eigenvalue weighted by molar-refractivity contribution is 0.0625. The van der Waals surface area contributed by atoms with Crippen molar-refractivity contribution >= 4 is 54.1 Å². The third kappa shape index (κ3) is 10.7. The molecule has 5 atom stereocenters. The van der Waals surface area contributed by atoms with E-state index in [0.717, 1.165) is 108 Å². The molecule has 234 valence electrons. The first-order chi connectivity index (χ1) is 19.8. The molecule has 0 bridgehead atoms. The molecule has 0 amide bonds. The van der Waals surface area contributed by atoms with E-state index in [2.05, 4.69) is 68.8 Å². The Morgan fingerprint density at radius 2 is 1.95 bits per heavy atom. The van der Waals surface area contributed by atoms with Crippen molar-refractivity contribution in [3.8, 4) is 0 Å². The lowest BCUT2D eigenvalue weighted by atomic mass is 9.84. The van der Waals surface area contributed by atoms with Gasteiger partial charge in [-0.1, -0.05) is 58.1 Å². The molecule has 1 aromatic heterocycles. The molecule has 0 saturated heterocycles. The largest absolute Gasteiger partial charge is 0.393 e. The van der Waals surface area contributed by atoms with E-state index in [9.17, 15) is 5.11 Å². The third-order valence-corrected chi connectivity index (χ3v) is 11.2. The summed E-state index contributed by atoms with van der Waals surface area (Å²) < 4.78 is 7.80. The van der Waals surface area contributed by atoms with Crippen molar-refractivity contribution in [1.82, 2.24) is 19.7 Å². The van der Waals surface area contributed by atoms with Crippen LogP contribution in [-0.4, -0.2) is 61.3 Å². The minimum absolute atomic E-state index is 0.161. The lowest BCUT2D eigenvalue weighted by Crippen LogP contribution is -2.47. The van der Waals surface area contributed by atoms with Crippen LogP contribution < -0.4 is 0 Å². The average molecular weight is 720 g/mol. The third-order valence-electron chi connectivity index (χ3n) is 9.46. The van der Waals surface area contributed by atoms with Gasteiger partial charge >= 0.3 is 0 Å². The van der Waals surface area contributed by atoms with E-state index in [1.807, 2.05) is 13.1 Å². The van der Waals surface area contributed by atoms with E-state index < -0.39 is 0 Å². The molecule has 0 radical (unpaired) electrons. The summed E-state index contributed by atoms with van der Waals surface area (Å²) in [4.78, 5) is 6.79. The number of thiol groups is 2. The molecular formula is C31H54IN5O2S2. The fraction of sp³-hybridized carbons (Fsp3) is 0.839. The van der Waals surface area contributed by atoms with Gasteiger partial charge in [-0.2, -0.15) is 0 Å². The Bertz CT molecular complexity index is 948. The van der Waals surface area contributed by atoms with Crippen LogP contribution in [0.2, 0.25) is 0 Å². The number of aliphatic imine (C=N–C) groups is 1. The van der Waals surface area contributed by atoms with Crippen LogP contribution in [0.15, 0.2) is 22.8 Å². The van der Waals surface area contributed by atoms with Crippen LogP contribution >= 0.6 is 48.3 Å². The standard InChI is InChI=1S/C31H54IN5O2S2/c1-4-31(41,5-2)37(22-19-24-13-12-15-26(23-24)39-32)28(33-3)17-8-6-7-9-18-29-34-35-30(40)36(29)21-20-25-14-10-11-16-27(25)38/h4,24-27,38,41H,1,5-23H2,2-3H3,(H,35,40)/b33-28-. The molecule has 3 rings (SSSR count). The van der Waals surface area contributed by atoms with Gasteiger partial charge in [-0.25, -0.2) is 0 Å². The fourth-order valence-electron chi connectivity index (χ4n) is 6.73. The van der Waals surface area contributed by atoms with E-state index in [1.165, 1.54) is 25.7 Å². The van der Waals surface area contributed by atoms with Crippen LogP contribution in [0.25, 0.3) is 0 Å². The maximum atomic E-state index is 10.3. The molecule has 1 heterocycles. The molecule has 0 aliphatic heterocycles. The van der Waals surface area contributed by atoms with Gasteiger partial charge < -0.3 is 17.6 Å². The van der Waals surface area contributed by atoms with E-state index in [4.69, 9.17) is 20.7 Å². The van der Waals surface area contributed by atoms with Crippen molar-refractivity contribution in [1.29, 1.82) is 0 Å². The van der Waals surface area contributed by atoms with Gasteiger partial charge in [0.1, 0.15) is 33.7 Å². The summed E-state index contributed by atoms with van der Waals surface area (Å²) in [6.07, 6.45) is 20.9. The first-order valence-electron chi connectivity index (χ1n) is 16.0. The topological polar surface area (TPSA) is 75.8 Å². The highest BCUT2D eigenvalue weighted by Gasteiger charge is 2.32. The van der Waals surface area contributed by atoms with Crippen LogP contribution in [-0.2, 0) is 16.0 Å². The van der Waals surface area contributed by atoms with Gasteiger partial charge in [0.15, 0.2) is 5.16 Å². The Morgan fingerprint density at radius 3 is 2.66 bits per heavy atom. The summed E-state index contributed by atoms with van der Waals surface area (Å²) >= 11 is 11.7. The number of aromatic nitrogens is 3. The van der Waals surface area contributed by atoms with Crippen molar-refractivity contribution in [3.63, 3.8) is 0 Å². The summed E-state index contributed by atoms with van der Waals surface area (Å²) in [6.45, 7) is 8.11. The number of aryl methyl sites for hydroxylation is 1. The number of aliphatic hydroxyl groups is 1. The van der Waals surface area contributed by atoms with E-state index >= 15 is 0 Å². The van der Waals surface area contributed by atoms with Crippen molar-refractivity contribution in [2.75, 3.05) is 13.6 Å². The van der Waals surface area contributed by atoms with Gasteiger partial charge in [0.2, 0.25) is 0 Å². The molecule has 1 N–H and O–H groups in total. The van der Waals surface area contributed by atoms with Gasteiger partial charge in [-0.05, 0) is 69.6 Å². The van der Waals surface area contributed by atoms with Gasteiger partial charge in [-0.15, -0.1) is 35.5 Å². The summed E-state index contributed by atoms with van der Waals surface area (Å²) in [6, 6.07) is 0. The highest BCUT2D eigenvalue weighted by Crippen LogP contribution is 2.33. The quantitative estimate of drug-likeness (QED) is 0.0291. The van der Waals surface area contributed by atoms with Gasteiger partial charge in [0.05, 0.1) is 18.0 Å². The first-order valence-corrected chi connectivity index (χ1v) is 17.8. The number of amidine groups is 1. The minimum Gasteiger partial charge on any atom is -0.393 e. The number of hydrogen-bond donors (Lipinski definition) is 3. The zero-order chi connectivity index (χ0) is 29.7. The zero-order valence-corrected chi connectivity index (χ0v) is 29.3. The highest BCUT2D eigenvalue weighted by molar-refractivity contribution is 14.1. The summed E-state index contributed by atoms with van der Waals surface area (Å²) in [5.41, 5.74) is 0. The number of nitrogens with zero attached hydrogens (tertiary/aromatic N) is 5. The molecule has 2 fully saturated rings. The van der Waals surface area contributed by atoms with Crippen LogP contribution in [0, 0.1) is 11.8 Å². The minimum atomic E-state index is -0.384. The van der Waals surface area contributed by atoms with Gasteiger partial charge in [0.25, 0.3) is 0 Å². The van der Waals surface area contributed by atoms with Crippen LogP contribution in [0.3, 0.4) is 0 Å². The molecule has 5 unspecified atom stereocenters. The number of aliphatic hydroxyl groups excluding tert-OH is 1. The van der Waals surface area contributed by atoms with Crippen molar-refractivity contribution < 1.29 is 8.17 Å². The Kier molecular flexibility index (Phi) is 15.9. The number of rotatable bonds is 17. The van der Waals surface area contributed by atoms with Crippen molar-refractivity contribution in [3.05, 3.63) is 18.5 Å². The number of halogens is 1. The van der Waals surface area contributed by atoms with E-state index in [-0.39, 0.29) is 11.0 Å². The molecular weight excluding hydrogens is 665 g/mol. The van der Waals surface area contributed by atoms with E-state index in [1.54, 1.807) is 0 Å². The summed E-state index contributed by atoms with van der Waals surface area (Å²) in [7, 11) is 1.92. The molecule has 7 nitrogen and oxygen atoms in total. The Labute approximate surface area is 274 Å². The molecule has 0 spiro atoms.